The lowest BCUT2D eigenvalue weighted by Gasteiger charge is -2.25. The van der Waals surface area contributed by atoms with Gasteiger partial charge in [-0.3, -0.25) is 4.79 Å². The summed E-state index contributed by atoms with van der Waals surface area (Å²) >= 11 is 6.20. The quantitative estimate of drug-likeness (QED) is 0.122. The van der Waals surface area contributed by atoms with Crippen molar-refractivity contribution in [3.8, 4) is 5.75 Å². The minimum absolute atomic E-state index is 0.00668. The number of aliphatic hydroxyl groups excluding tert-OH is 1. The molecule has 5 rings (SSSR count). The van der Waals surface area contributed by atoms with Crippen molar-refractivity contribution in [3.63, 3.8) is 0 Å². The molecule has 0 saturated heterocycles. The fourth-order valence-corrected chi connectivity index (χ4v) is 7.15. The Balaban J connectivity index is 1.33. The van der Waals surface area contributed by atoms with E-state index in [0.717, 1.165) is 22.3 Å². The molecule has 4 N–H and O–H groups in total. The van der Waals surface area contributed by atoms with Crippen molar-refractivity contribution >= 4 is 27.3 Å². The Labute approximate surface area is 280 Å². The molecular formula is C38H37ClN2O5S. The normalized spacial score (nSPS) is 12.7. The zero-order valence-corrected chi connectivity index (χ0v) is 27.5. The van der Waals surface area contributed by atoms with E-state index in [2.05, 4.69) is 5.32 Å². The lowest BCUT2D eigenvalue weighted by atomic mass is 9.96. The molecule has 9 heteroatoms. The van der Waals surface area contributed by atoms with Crippen LogP contribution in [0.1, 0.15) is 44.3 Å². The van der Waals surface area contributed by atoms with Crippen LogP contribution in [-0.4, -0.2) is 32.0 Å². The number of aliphatic hydroxyl groups is 1. The number of ether oxygens (including phenoxy) is 1. The van der Waals surface area contributed by atoms with E-state index in [0.29, 0.717) is 30.0 Å². The van der Waals surface area contributed by atoms with Gasteiger partial charge in [-0.1, -0.05) is 96.5 Å². The smallest absolute Gasteiger partial charge is 0.252 e. The van der Waals surface area contributed by atoms with Crippen molar-refractivity contribution in [2.45, 2.75) is 48.3 Å². The first-order valence-corrected chi connectivity index (χ1v) is 17.1. The highest BCUT2D eigenvalue weighted by atomic mass is 35.5. The fraction of sp³-hybridized carbons (Fsp3) is 0.184. The number of primary amides is 1. The first kappa shape index (κ1) is 33.9. The maximum atomic E-state index is 13.9. The summed E-state index contributed by atoms with van der Waals surface area (Å²) in [4.78, 5) is 12.3. The minimum atomic E-state index is -4.08. The van der Waals surface area contributed by atoms with Gasteiger partial charge in [0.2, 0.25) is 9.84 Å². The van der Waals surface area contributed by atoms with Crippen LogP contribution in [0.15, 0.2) is 131 Å². The Kier molecular flexibility index (Phi) is 11.1. The number of benzene rings is 5. The van der Waals surface area contributed by atoms with E-state index in [1.165, 1.54) is 12.1 Å². The molecule has 7 nitrogen and oxygen atoms in total. The predicted molar refractivity (Wildman–Crippen MR) is 184 cm³/mol. The molecule has 0 spiro atoms. The number of hydrogen-bond acceptors (Lipinski definition) is 6. The highest BCUT2D eigenvalue weighted by molar-refractivity contribution is 7.91. The van der Waals surface area contributed by atoms with Gasteiger partial charge in [0.25, 0.3) is 5.91 Å². The standard InChI is InChI=1S/C38H37ClN2O5S/c1-26-21-33(38(40)43)37(46-25-29-11-6-3-7-12-29)35(22-26)47(44,45)32-17-15-27(16-18-32)19-20-41-34(23-28-9-4-2-5-10-28)36(42)30-13-8-14-31(39)24-30/h2-18,21-22,24,34,36,41-42H,19-20,23,25H2,1H3,(H2,40,43)/t34?,36-/m1/s1. The summed E-state index contributed by atoms with van der Waals surface area (Å²) < 4.78 is 33.8. The highest BCUT2D eigenvalue weighted by Crippen LogP contribution is 2.35. The molecule has 0 aromatic heterocycles. The van der Waals surface area contributed by atoms with Crippen molar-refractivity contribution in [1.82, 2.24) is 5.32 Å². The molecule has 5 aromatic rings. The van der Waals surface area contributed by atoms with E-state index in [1.54, 1.807) is 43.3 Å². The monoisotopic (exact) mass is 668 g/mol. The van der Waals surface area contributed by atoms with Gasteiger partial charge in [0.15, 0.2) is 5.75 Å². The number of nitrogens with two attached hydrogens (primary N) is 1. The number of carbonyl (C=O) groups is 1. The van der Waals surface area contributed by atoms with Crippen LogP contribution >= 0.6 is 11.6 Å². The summed E-state index contributed by atoms with van der Waals surface area (Å²) in [6, 6.07) is 35.8. The molecule has 5 aromatic carbocycles. The largest absolute Gasteiger partial charge is 0.487 e. The maximum absolute atomic E-state index is 13.9. The molecular weight excluding hydrogens is 632 g/mol. The second-order valence-corrected chi connectivity index (χ2v) is 13.8. The molecule has 2 atom stereocenters. The summed E-state index contributed by atoms with van der Waals surface area (Å²) in [5, 5.41) is 15.3. The molecule has 0 bridgehead atoms. The van der Waals surface area contributed by atoms with E-state index in [1.807, 2.05) is 72.8 Å². The van der Waals surface area contributed by atoms with Crippen LogP contribution in [0.2, 0.25) is 5.02 Å². The Morgan fingerprint density at radius 2 is 1.51 bits per heavy atom. The molecule has 47 heavy (non-hydrogen) atoms. The Morgan fingerprint density at radius 1 is 0.851 bits per heavy atom. The third kappa shape index (κ3) is 8.67. The molecule has 0 radical (unpaired) electrons. The van der Waals surface area contributed by atoms with Gasteiger partial charge in [-0.2, -0.15) is 0 Å². The molecule has 1 amide bonds. The number of nitrogens with one attached hydrogen (secondary N) is 1. The average Bonchev–Trinajstić information content (AvgIpc) is 3.07. The first-order valence-electron chi connectivity index (χ1n) is 15.3. The van der Waals surface area contributed by atoms with Crippen LogP contribution in [0.25, 0.3) is 0 Å². The molecule has 0 aliphatic carbocycles. The third-order valence-corrected chi connectivity index (χ3v) is 9.91. The van der Waals surface area contributed by atoms with E-state index in [-0.39, 0.29) is 33.8 Å². The SMILES string of the molecule is Cc1cc(C(N)=O)c(OCc2ccccc2)c(S(=O)(=O)c2ccc(CCNC(Cc3ccccc3)[C@H](O)c3cccc(Cl)c3)cc2)c1. The Bertz CT molecular complexity index is 1920. The lowest BCUT2D eigenvalue weighted by molar-refractivity contribution is 0.0995. The van der Waals surface area contributed by atoms with Crippen molar-refractivity contribution < 1.29 is 23.1 Å². The lowest BCUT2D eigenvalue weighted by Crippen LogP contribution is -2.38. The number of sulfone groups is 1. The Hall–Kier alpha value is -4.47. The highest BCUT2D eigenvalue weighted by Gasteiger charge is 2.27. The summed E-state index contributed by atoms with van der Waals surface area (Å²) in [6.45, 7) is 2.31. The van der Waals surface area contributed by atoms with E-state index < -0.39 is 21.8 Å². The van der Waals surface area contributed by atoms with Crippen LogP contribution in [-0.2, 0) is 29.3 Å². The van der Waals surface area contributed by atoms with E-state index in [9.17, 15) is 18.3 Å². The van der Waals surface area contributed by atoms with E-state index >= 15 is 0 Å². The minimum Gasteiger partial charge on any atom is -0.487 e. The van der Waals surface area contributed by atoms with Crippen LogP contribution in [0.4, 0.5) is 0 Å². The zero-order valence-electron chi connectivity index (χ0n) is 26.0. The number of halogens is 1. The van der Waals surface area contributed by atoms with Gasteiger partial charge in [-0.15, -0.1) is 0 Å². The van der Waals surface area contributed by atoms with Gasteiger partial charge in [-0.25, -0.2) is 8.42 Å². The fourth-order valence-electron chi connectivity index (χ4n) is 5.45. The number of carbonyl (C=O) groups excluding carboxylic acids is 1. The first-order chi connectivity index (χ1) is 22.6. The van der Waals surface area contributed by atoms with Gasteiger partial charge < -0.3 is 20.9 Å². The molecule has 0 aliphatic rings. The predicted octanol–water partition coefficient (Wildman–Crippen LogP) is 6.64. The average molecular weight is 669 g/mol. The van der Waals surface area contributed by atoms with Gasteiger partial charge in [0.1, 0.15) is 11.5 Å². The molecule has 0 heterocycles. The number of hydrogen-bond donors (Lipinski definition) is 3. The number of aryl methyl sites for hydroxylation is 1. The molecule has 242 valence electrons. The van der Waals surface area contributed by atoms with Gasteiger partial charge >= 0.3 is 0 Å². The van der Waals surface area contributed by atoms with Gasteiger partial charge in [-0.05, 0) is 90.5 Å². The van der Waals surface area contributed by atoms with Crippen molar-refractivity contribution in [3.05, 3.63) is 160 Å². The maximum Gasteiger partial charge on any atom is 0.252 e. The van der Waals surface area contributed by atoms with Crippen LogP contribution in [0.5, 0.6) is 5.75 Å². The Morgan fingerprint density at radius 3 is 2.15 bits per heavy atom. The van der Waals surface area contributed by atoms with Crippen molar-refractivity contribution in [2.75, 3.05) is 6.54 Å². The van der Waals surface area contributed by atoms with Crippen LogP contribution in [0, 0.1) is 6.92 Å². The second-order valence-electron chi connectivity index (χ2n) is 11.4. The van der Waals surface area contributed by atoms with Crippen molar-refractivity contribution in [1.29, 1.82) is 0 Å². The number of amides is 1. The second kappa shape index (κ2) is 15.4. The topological polar surface area (TPSA) is 119 Å². The third-order valence-electron chi connectivity index (χ3n) is 7.90. The zero-order chi connectivity index (χ0) is 33.4. The molecule has 1 unspecified atom stereocenters. The van der Waals surface area contributed by atoms with Crippen molar-refractivity contribution in [2.24, 2.45) is 5.73 Å². The summed E-state index contributed by atoms with van der Waals surface area (Å²) in [5.74, 6) is -0.843. The molecule has 0 saturated carbocycles. The summed E-state index contributed by atoms with van der Waals surface area (Å²) in [7, 11) is -4.08. The number of rotatable bonds is 14. The van der Waals surface area contributed by atoms with E-state index in [4.69, 9.17) is 22.1 Å². The molecule has 0 aliphatic heterocycles. The van der Waals surface area contributed by atoms with Crippen LogP contribution in [0.3, 0.4) is 0 Å². The summed E-state index contributed by atoms with van der Waals surface area (Å²) in [5.41, 5.74) is 9.76. The summed E-state index contributed by atoms with van der Waals surface area (Å²) in [6.07, 6.45) is 0.402. The van der Waals surface area contributed by atoms with Gasteiger partial charge in [0, 0.05) is 11.1 Å². The van der Waals surface area contributed by atoms with Crippen LogP contribution < -0.4 is 15.8 Å². The molecule has 0 fully saturated rings. The van der Waals surface area contributed by atoms with Gasteiger partial charge in [0.05, 0.1) is 16.6 Å².